The van der Waals surface area contributed by atoms with Crippen LogP contribution in [0.2, 0.25) is 5.02 Å². The van der Waals surface area contributed by atoms with E-state index in [9.17, 15) is 9.90 Å². The Bertz CT molecular complexity index is 1040. The summed E-state index contributed by atoms with van der Waals surface area (Å²) in [5, 5.41) is 10.1. The van der Waals surface area contributed by atoms with Crippen LogP contribution >= 0.6 is 11.6 Å². The summed E-state index contributed by atoms with van der Waals surface area (Å²) in [6.45, 7) is 2.11. The standard InChI is InChI=1S/C24H21ClO3/c1-24(15-19-6-2-3-11-21(19)25)13-12-16-7-5-10-20(22(16)28-24)17-8-4-9-18(14-17)23(26)27/h2-11,14H,12-13,15H2,1H3,(H,26,27)/t24-/m1/s1. The molecule has 1 heterocycles. The van der Waals surface area contributed by atoms with Crippen molar-refractivity contribution in [2.45, 2.75) is 31.8 Å². The van der Waals surface area contributed by atoms with Gasteiger partial charge >= 0.3 is 5.97 Å². The van der Waals surface area contributed by atoms with Gasteiger partial charge < -0.3 is 9.84 Å². The zero-order valence-corrected chi connectivity index (χ0v) is 16.4. The Morgan fingerprint density at radius 1 is 1.11 bits per heavy atom. The van der Waals surface area contributed by atoms with Crippen molar-refractivity contribution in [2.24, 2.45) is 0 Å². The SMILES string of the molecule is C[C@]1(Cc2ccccc2Cl)CCc2cccc(-c3cccc(C(=O)O)c3)c2O1. The maximum Gasteiger partial charge on any atom is 0.335 e. The second-order valence-corrected chi connectivity index (χ2v) is 7.91. The average molecular weight is 393 g/mol. The molecule has 1 atom stereocenters. The van der Waals surface area contributed by atoms with E-state index in [0.717, 1.165) is 52.3 Å². The molecular formula is C24H21ClO3. The van der Waals surface area contributed by atoms with Crippen LogP contribution in [-0.2, 0) is 12.8 Å². The first-order chi connectivity index (χ1) is 13.5. The van der Waals surface area contributed by atoms with Gasteiger partial charge in [-0.05, 0) is 54.7 Å². The zero-order valence-electron chi connectivity index (χ0n) is 15.6. The maximum absolute atomic E-state index is 11.4. The minimum atomic E-state index is -0.934. The molecule has 4 heteroatoms. The second-order valence-electron chi connectivity index (χ2n) is 7.50. The van der Waals surface area contributed by atoms with Crippen molar-refractivity contribution in [3.05, 3.63) is 88.4 Å². The molecule has 0 bridgehead atoms. The molecule has 3 aromatic rings. The lowest BCUT2D eigenvalue weighted by molar-refractivity contribution is 0.0660. The van der Waals surface area contributed by atoms with Crippen molar-refractivity contribution in [3.8, 4) is 16.9 Å². The van der Waals surface area contributed by atoms with Crippen LogP contribution in [0.5, 0.6) is 5.75 Å². The first-order valence-corrected chi connectivity index (χ1v) is 9.71. The van der Waals surface area contributed by atoms with Crippen LogP contribution in [0, 0.1) is 0 Å². The van der Waals surface area contributed by atoms with Gasteiger partial charge in [0, 0.05) is 17.0 Å². The van der Waals surface area contributed by atoms with Crippen LogP contribution in [0.15, 0.2) is 66.7 Å². The topological polar surface area (TPSA) is 46.5 Å². The Labute approximate surface area is 169 Å². The molecule has 28 heavy (non-hydrogen) atoms. The van der Waals surface area contributed by atoms with E-state index in [4.69, 9.17) is 16.3 Å². The van der Waals surface area contributed by atoms with Gasteiger partial charge in [-0.1, -0.05) is 60.1 Å². The van der Waals surface area contributed by atoms with Gasteiger partial charge in [-0.2, -0.15) is 0 Å². The van der Waals surface area contributed by atoms with E-state index in [-0.39, 0.29) is 11.2 Å². The highest BCUT2D eigenvalue weighted by Gasteiger charge is 2.33. The molecule has 0 saturated heterocycles. The lowest BCUT2D eigenvalue weighted by Crippen LogP contribution is -2.38. The zero-order chi connectivity index (χ0) is 19.7. The van der Waals surface area contributed by atoms with Crippen LogP contribution in [0.1, 0.15) is 34.8 Å². The second kappa shape index (κ2) is 7.33. The number of ether oxygens (including phenoxy) is 1. The van der Waals surface area contributed by atoms with Crippen molar-refractivity contribution in [2.75, 3.05) is 0 Å². The molecule has 0 amide bonds. The van der Waals surface area contributed by atoms with Crippen molar-refractivity contribution < 1.29 is 14.6 Å². The first kappa shape index (κ1) is 18.6. The summed E-state index contributed by atoms with van der Waals surface area (Å²) in [5.74, 6) is -0.0954. The van der Waals surface area contributed by atoms with Crippen molar-refractivity contribution in [1.82, 2.24) is 0 Å². The monoisotopic (exact) mass is 392 g/mol. The van der Waals surface area contributed by atoms with Crippen molar-refractivity contribution >= 4 is 17.6 Å². The molecule has 0 aliphatic carbocycles. The van der Waals surface area contributed by atoms with Gasteiger partial charge in [0.1, 0.15) is 11.4 Å². The number of benzene rings is 3. The normalized spacial score (nSPS) is 18.2. The van der Waals surface area contributed by atoms with Gasteiger partial charge in [0.25, 0.3) is 0 Å². The van der Waals surface area contributed by atoms with E-state index in [1.54, 1.807) is 18.2 Å². The molecule has 142 valence electrons. The first-order valence-electron chi connectivity index (χ1n) is 9.33. The number of carbonyl (C=O) groups is 1. The number of aromatic carboxylic acids is 1. The number of aryl methyl sites for hydroxylation is 1. The summed E-state index contributed by atoms with van der Waals surface area (Å²) >= 11 is 6.37. The largest absolute Gasteiger partial charge is 0.486 e. The molecule has 0 radical (unpaired) electrons. The third-order valence-electron chi connectivity index (χ3n) is 5.31. The summed E-state index contributed by atoms with van der Waals surface area (Å²) in [4.78, 5) is 11.4. The number of para-hydroxylation sites is 1. The summed E-state index contributed by atoms with van der Waals surface area (Å²) in [7, 11) is 0. The molecule has 1 aliphatic heterocycles. The number of hydrogen-bond acceptors (Lipinski definition) is 2. The fraction of sp³-hybridized carbons (Fsp3) is 0.208. The summed E-state index contributed by atoms with van der Waals surface area (Å²) in [6.07, 6.45) is 2.52. The molecule has 0 unspecified atom stereocenters. The number of halogens is 1. The molecule has 0 saturated carbocycles. The van der Waals surface area contributed by atoms with E-state index < -0.39 is 5.97 Å². The number of hydrogen-bond donors (Lipinski definition) is 1. The molecule has 4 rings (SSSR count). The Balaban J connectivity index is 1.71. The minimum Gasteiger partial charge on any atom is -0.486 e. The Hall–Kier alpha value is -2.78. The predicted octanol–water partition coefficient (Wildman–Crippen LogP) is 6.03. The summed E-state index contributed by atoms with van der Waals surface area (Å²) in [6, 6.07) is 20.9. The van der Waals surface area contributed by atoms with Crippen LogP contribution < -0.4 is 4.74 Å². The molecular weight excluding hydrogens is 372 g/mol. The van der Waals surface area contributed by atoms with Crippen molar-refractivity contribution in [3.63, 3.8) is 0 Å². The molecule has 3 nitrogen and oxygen atoms in total. The van der Waals surface area contributed by atoms with Crippen LogP contribution in [0.3, 0.4) is 0 Å². The number of carboxylic acid groups (broad SMARTS) is 1. The highest BCUT2D eigenvalue weighted by molar-refractivity contribution is 6.31. The van der Waals surface area contributed by atoms with E-state index in [2.05, 4.69) is 13.0 Å². The lowest BCUT2D eigenvalue weighted by Gasteiger charge is -2.37. The van der Waals surface area contributed by atoms with Gasteiger partial charge in [-0.15, -0.1) is 0 Å². The van der Waals surface area contributed by atoms with Gasteiger partial charge in [-0.25, -0.2) is 4.79 Å². The quantitative estimate of drug-likeness (QED) is 0.589. The third-order valence-corrected chi connectivity index (χ3v) is 5.68. The minimum absolute atomic E-state index is 0.268. The Morgan fingerprint density at radius 2 is 1.89 bits per heavy atom. The van der Waals surface area contributed by atoms with Crippen molar-refractivity contribution in [1.29, 1.82) is 0 Å². The molecule has 0 aromatic heterocycles. The summed E-state index contributed by atoms with van der Waals surface area (Å²) in [5.41, 5.74) is 3.88. The maximum atomic E-state index is 11.4. The number of carboxylic acids is 1. The van der Waals surface area contributed by atoms with E-state index in [1.807, 2.05) is 42.5 Å². The molecule has 3 aromatic carbocycles. The molecule has 0 fully saturated rings. The average Bonchev–Trinajstić information content (AvgIpc) is 2.69. The lowest BCUT2D eigenvalue weighted by atomic mass is 9.85. The molecule has 1 aliphatic rings. The van der Waals surface area contributed by atoms with Gasteiger partial charge in [0.05, 0.1) is 5.56 Å². The third kappa shape index (κ3) is 3.63. The van der Waals surface area contributed by atoms with Gasteiger partial charge in [0.15, 0.2) is 0 Å². The van der Waals surface area contributed by atoms with Crippen LogP contribution in [0.25, 0.3) is 11.1 Å². The predicted molar refractivity (Wildman–Crippen MR) is 111 cm³/mol. The van der Waals surface area contributed by atoms with Crippen LogP contribution in [0.4, 0.5) is 0 Å². The fourth-order valence-electron chi connectivity index (χ4n) is 3.81. The highest BCUT2D eigenvalue weighted by Crippen LogP contribution is 2.42. The Morgan fingerprint density at radius 3 is 2.68 bits per heavy atom. The molecule has 1 N–H and O–H groups in total. The summed E-state index contributed by atoms with van der Waals surface area (Å²) < 4.78 is 6.56. The Kier molecular flexibility index (Phi) is 4.86. The van der Waals surface area contributed by atoms with Gasteiger partial charge in [-0.3, -0.25) is 0 Å². The van der Waals surface area contributed by atoms with Gasteiger partial charge in [0.2, 0.25) is 0 Å². The molecule has 0 spiro atoms. The van der Waals surface area contributed by atoms with Crippen LogP contribution in [-0.4, -0.2) is 16.7 Å². The fourth-order valence-corrected chi connectivity index (χ4v) is 4.02. The highest BCUT2D eigenvalue weighted by atomic mass is 35.5. The van der Waals surface area contributed by atoms with E-state index >= 15 is 0 Å². The van der Waals surface area contributed by atoms with E-state index in [0.29, 0.717) is 0 Å². The number of rotatable bonds is 4. The smallest absolute Gasteiger partial charge is 0.335 e. The van der Waals surface area contributed by atoms with E-state index in [1.165, 1.54) is 0 Å². The number of fused-ring (bicyclic) bond motifs is 1.